The molecule has 160 valence electrons. The van der Waals surface area contributed by atoms with Crippen LogP contribution in [0.3, 0.4) is 0 Å². The van der Waals surface area contributed by atoms with E-state index in [4.69, 9.17) is 4.52 Å². The predicted molar refractivity (Wildman–Crippen MR) is 119 cm³/mol. The molecule has 2 aromatic carbocycles. The molecule has 0 unspecified atom stereocenters. The van der Waals surface area contributed by atoms with Gasteiger partial charge < -0.3 is 14.2 Å². The van der Waals surface area contributed by atoms with Gasteiger partial charge in [-0.15, -0.1) is 0 Å². The summed E-state index contributed by atoms with van der Waals surface area (Å²) in [6, 6.07) is 15.6. The van der Waals surface area contributed by atoms with Crippen LogP contribution in [0.5, 0.6) is 0 Å². The van der Waals surface area contributed by atoms with Crippen molar-refractivity contribution in [3.8, 4) is 22.6 Å². The Kier molecular flexibility index (Phi) is 4.91. The average molecular weight is 427 g/mol. The Bertz CT molecular complexity index is 1480. The van der Waals surface area contributed by atoms with Crippen molar-refractivity contribution in [3.05, 3.63) is 93.9 Å². The maximum absolute atomic E-state index is 13.2. The van der Waals surface area contributed by atoms with E-state index in [1.807, 2.05) is 62.4 Å². The van der Waals surface area contributed by atoms with E-state index in [0.717, 1.165) is 22.3 Å². The van der Waals surface area contributed by atoms with Crippen molar-refractivity contribution in [2.45, 2.75) is 27.0 Å². The number of aryl methyl sites for hydroxylation is 2. The lowest BCUT2D eigenvalue weighted by Gasteiger charge is -2.03. The summed E-state index contributed by atoms with van der Waals surface area (Å²) in [5, 5.41) is 18.6. The molecule has 5 rings (SSSR count). The molecule has 0 saturated heterocycles. The molecule has 0 atom stereocenters. The maximum Gasteiger partial charge on any atom is 0.277 e. The standard InChI is InChI=1S/C24H21N5O3/c1-15-7-9-17(10-8-15)21-19(14-30)22-24(31)28(11-12-29(22)26-21)13-20-25-23(27-32-20)18-6-4-3-5-16(18)2/h3-12,30H,13-14H2,1-2H3. The fourth-order valence-electron chi connectivity index (χ4n) is 3.77. The van der Waals surface area contributed by atoms with E-state index in [0.29, 0.717) is 28.5 Å². The fraction of sp³-hybridized carbons (Fsp3) is 0.167. The maximum atomic E-state index is 13.2. The second-order valence-corrected chi connectivity index (χ2v) is 7.70. The van der Waals surface area contributed by atoms with Gasteiger partial charge in [-0.2, -0.15) is 10.1 Å². The van der Waals surface area contributed by atoms with Crippen LogP contribution < -0.4 is 5.56 Å². The molecule has 3 aromatic heterocycles. The number of aromatic nitrogens is 5. The molecule has 0 saturated carbocycles. The molecular weight excluding hydrogens is 406 g/mol. The quantitative estimate of drug-likeness (QED) is 0.462. The fourth-order valence-corrected chi connectivity index (χ4v) is 3.77. The summed E-state index contributed by atoms with van der Waals surface area (Å²) in [7, 11) is 0. The zero-order valence-electron chi connectivity index (χ0n) is 17.7. The topological polar surface area (TPSA) is 98.5 Å². The van der Waals surface area contributed by atoms with Gasteiger partial charge in [0.2, 0.25) is 11.7 Å². The Labute approximate surface area is 183 Å². The van der Waals surface area contributed by atoms with Gasteiger partial charge in [-0.1, -0.05) is 59.3 Å². The third kappa shape index (κ3) is 3.40. The van der Waals surface area contributed by atoms with E-state index in [2.05, 4.69) is 15.2 Å². The van der Waals surface area contributed by atoms with Crippen LogP contribution in [0.1, 0.15) is 22.6 Å². The second-order valence-electron chi connectivity index (χ2n) is 7.70. The molecule has 8 heteroatoms. The Morgan fingerprint density at radius 3 is 2.56 bits per heavy atom. The molecule has 8 nitrogen and oxygen atoms in total. The lowest BCUT2D eigenvalue weighted by molar-refractivity contribution is 0.283. The second kappa shape index (κ2) is 7.90. The molecule has 3 heterocycles. The normalized spacial score (nSPS) is 11.3. The predicted octanol–water partition coefficient (Wildman–Crippen LogP) is 3.37. The van der Waals surface area contributed by atoms with Gasteiger partial charge >= 0.3 is 0 Å². The lowest BCUT2D eigenvalue weighted by atomic mass is 10.1. The highest BCUT2D eigenvalue weighted by Gasteiger charge is 2.19. The van der Waals surface area contributed by atoms with Gasteiger partial charge in [-0.05, 0) is 19.4 Å². The Balaban J connectivity index is 1.54. The number of rotatable bonds is 5. The third-order valence-corrected chi connectivity index (χ3v) is 5.50. The van der Waals surface area contributed by atoms with Gasteiger partial charge in [0.05, 0.1) is 12.3 Å². The molecule has 5 aromatic rings. The van der Waals surface area contributed by atoms with Crippen molar-refractivity contribution in [1.82, 2.24) is 24.3 Å². The highest BCUT2D eigenvalue weighted by molar-refractivity contribution is 5.72. The Morgan fingerprint density at radius 2 is 1.81 bits per heavy atom. The summed E-state index contributed by atoms with van der Waals surface area (Å²) >= 11 is 0. The summed E-state index contributed by atoms with van der Waals surface area (Å²) in [4.78, 5) is 17.7. The third-order valence-electron chi connectivity index (χ3n) is 5.50. The van der Waals surface area contributed by atoms with Crippen molar-refractivity contribution in [3.63, 3.8) is 0 Å². The molecule has 0 aliphatic heterocycles. The molecule has 0 spiro atoms. The van der Waals surface area contributed by atoms with E-state index >= 15 is 0 Å². The minimum atomic E-state index is -0.302. The zero-order chi connectivity index (χ0) is 22.2. The number of hydrogen-bond donors (Lipinski definition) is 1. The summed E-state index contributed by atoms with van der Waals surface area (Å²) in [6.07, 6.45) is 3.31. The molecule has 1 N–H and O–H groups in total. The van der Waals surface area contributed by atoms with E-state index < -0.39 is 0 Å². The van der Waals surface area contributed by atoms with Crippen molar-refractivity contribution in [2.75, 3.05) is 0 Å². The van der Waals surface area contributed by atoms with Crippen LogP contribution in [0.4, 0.5) is 0 Å². The van der Waals surface area contributed by atoms with Gasteiger partial charge in [0, 0.05) is 29.1 Å². The molecular formula is C24H21N5O3. The van der Waals surface area contributed by atoms with Gasteiger partial charge in [0.15, 0.2) is 0 Å². The number of benzene rings is 2. The summed E-state index contributed by atoms with van der Waals surface area (Å²) < 4.78 is 8.38. The highest BCUT2D eigenvalue weighted by atomic mass is 16.5. The zero-order valence-corrected chi connectivity index (χ0v) is 17.7. The van der Waals surface area contributed by atoms with Gasteiger partial charge in [0.1, 0.15) is 12.1 Å². The molecule has 0 amide bonds. The van der Waals surface area contributed by atoms with E-state index in [-0.39, 0.29) is 18.7 Å². The number of nitrogens with zero attached hydrogens (tertiary/aromatic N) is 5. The van der Waals surface area contributed by atoms with Gasteiger partial charge in [-0.25, -0.2) is 4.52 Å². The van der Waals surface area contributed by atoms with Crippen LogP contribution in [-0.4, -0.2) is 29.4 Å². The largest absolute Gasteiger partial charge is 0.392 e. The number of fused-ring (bicyclic) bond motifs is 1. The minimum absolute atomic E-state index is 0.115. The Morgan fingerprint density at radius 1 is 1.03 bits per heavy atom. The summed E-state index contributed by atoms with van der Waals surface area (Å²) in [5.74, 6) is 0.799. The van der Waals surface area contributed by atoms with E-state index in [1.165, 1.54) is 9.08 Å². The monoisotopic (exact) mass is 427 g/mol. The number of aliphatic hydroxyl groups excluding tert-OH is 1. The van der Waals surface area contributed by atoms with Crippen LogP contribution in [0.2, 0.25) is 0 Å². The van der Waals surface area contributed by atoms with Crippen molar-refractivity contribution < 1.29 is 9.63 Å². The highest BCUT2D eigenvalue weighted by Crippen LogP contribution is 2.25. The van der Waals surface area contributed by atoms with E-state index in [9.17, 15) is 9.90 Å². The smallest absolute Gasteiger partial charge is 0.277 e. The van der Waals surface area contributed by atoms with Crippen LogP contribution in [0.15, 0.2) is 70.2 Å². The lowest BCUT2D eigenvalue weighted by Crippen LogP contribution is -2.22. The molecule has 0 fully saturated rings. The first-order valence-corrected chi connectivity index (χ1v) is 10.2. The SMILES string of the molecule is Cc1ccc(-c2nn3ccn(Cc4nc(-c5ccccc5C)no4)c(=O)c3c2CO)cc1. The first-order chi connectivity index (χ1) is 15.5. The molecule has 0 bridgehead atoms. The van der Waals surface area contributed by atoms with Gasteiger partial charge in [-0.3, -0.25) is 4.79 Å². The Hall–Kier alpha value is -4.04. The van der Waals surface area contributed by atoms with Crippen LogP contribution in [-0.2, 0) is 13.2 Å². The van der Waals surface area contributed by atoms with Gasteiger partial charge in [0.25, 0.3) is 5.56 Å². The summed E-state index contributed by atoms with van der Waals surface area (Å²) in [5.41, 5.74) is 4.98. The number of hydrogen-bond acceptors (Lipinski definition) is 6. The number of aliphatic hydroxyl groups is 1. The molecule has 0 aliphatic carbocycles. The van der Waals surface area contributed by atoms with Crippen molar-refractivity contribution >= 4 is 5.52 Å². The van der Waals surface area contributed by atoms with Crippen LogP contribution in [0, 0.1) is 13.8 Å². The molecule has 32 heavy (non-hydrogen) atoms. The van der Waals surface area contributed by atoms with Crippen molar-refractivity contribution in [2.24, 2.45) is 0 Å². The first kappa shape index (κ1) is 19.9. The first-order valence-electron chi connectivity index (χ1n) is 10.2. The average Bonchev–Trinajstić information content (AvgIpc) is 3.41. The molecule has 0 aliphatic rings. The van der Waals surface area contributed by atoms with Crippen LogP contribution in [0.25, 0.3) is 28.2 Å². The molecule has 0 radical (unpaired) electrons. The summed E-state index contributed by atoms with van der Waals surface area (Å²) in [6.45, 7) is 3.79. The van der Waals surface area contributed by atoms with Crippen molar-refractivity contribution in [1.29, 1.82) is 0 Å². The van der Waals surface area contributed by atoms with Crippen LogP contribution >= 0.6 is 0 Å². The minimum Gasteiger partial charge on any atom is -0.392 e. The van der Waals surface area contributed by atoms with E-state index in [1.54, 1.807) is 12.4 Å².